The Hall–Kier alpha value is -0.830. The number of rotatable bonds is 7. The molecule has 0 fully saturated rings. The fourth-order valence-electron chi connectivity index (χ4n) is 3.25. The molecule has 1 aliphatic heterocycles. The quantitative estimate of drug-likeness (QED) is 0.773. The molecule has 1 unspecified atom stereocenters. The molecule has 3 nitrogen and oxygen atoms in total. The smallest absolute Gasteiger partial charge is 0.251 e. The molecule has 0 radical (unpaired) electrons. The average molecular weight is 278 g/mol. The molecule has 1 N–H and O–H groups in total. The highest BCUT2D eigenvalue weighted by Gasteiger charge is 2.38. The monoisotopic (exact) mass is 278 g/mol. The number of carbonyl (C=O) groups excluding carboxylic acids is 1. The molecule has 20 heavy (non-hydrogen) atoms. The van der Waals surface area contributed by atoms with Gasteiger partial charge in [-0.2, -0.15) is 0 Å². The fourth-order valence-corrected chi connectivity index (χ4v) is 3.25. The number of unbranched alkanes of at least 4 members (excludes halogenated alkanes) is 1. The topological polar surface area (TPSA) is 32.3 Å². The van der Waals surface area contributed by atoms with Crippen molar-refractivity contribution in [2.75, 3.05) is 13.1 Å². The molecule has 0 aromatic rings. The fraction of sp³-hybridized carbons (Fsp3) is 0.824. The van der Waals surface area contributed by atoms with Crippen molar-refractivity contribution in [1.82, 2.24) is 10.2 Å². The first kappa shape index (κ1) is 15.6. The van der Waals surface area contributed by atoms with Gasteiger partial charge < -0.3 is 4.90 Å². The molecule has 0 saturated carbocycles. The molecule has 0 bridgehead atoms. The molecule has 3 heteroatoms. The van der Waals surface area contributed by atoms with Crippen LogP contribution in [0.2, 0.25) is 0 Å². The second kappa shape index (κ2) is 7.26. The van der Waals surface area contributed by atoms with E-state index in [0.717, 1.165) is 44.3 Å². The Morgan fingerprint density at radius 3 is 2.75 bits per heavy atom. The van der Waals surface area contributed by atoms with Crippen molar-refractivity contribution >= 4 is 5.91 Å². The van der Waals surface area contributed by atoms with Gasteiger partial charge in [-0.05, 0) is 56.6 Å². The third kappa shape index (κ3) is 3.43. The lowest BCUT2D eigenvalue weighted by atomic mass is 9.92. The maximum atomic E-state index is 12.6. The number of amides is 1. The van der Waals surface area contributed by atoms with Crippen LogP contribution in [-0.2, 0) is 4.79 Å². The van der Waals surface area contributed by atoms with Crippen molar-refractivity contribution in [2.24, 2.45) is 5.92 Å². The van der Waals surface area contributed by atoms with Gasteiger partial charge in [0.15, 0.2) is 0 Å². The Kier molecular flexibility index (Phi) is 5.64. The number of carbonyl (C=O) groups is 1. The molecule has 1 aliphatic carbocycles. The van der Waals surface area contributed by atoms with Crippen LogP contribution in [0.15, 0.2) is 11.1 Å². The van der Waals surface area contributed by atoms with Gasteiger partial charge in [-0.25, -0.2) is 0 Å². The summed E-state index contributed by atoms with van der Waals surface area (Å²) in [6.07, 6.45) is 8.17. The van der Waals surface area contributed by atoms with Crippen molar-refractivity contribution in [1.29, 1.82) is 0 Å². The number of nitrogens with one attached hydrogen (secondary N) is 1. The summed E-state index contributed by atoms with van der Waals surface area (Å²) < 4.78 is 0. The normalized spacial score (nSPS) is 22.9. The van der Waals surface area contributed by atoms with Crippen LogP contribution >= 0.6 is 0 Å². The summed E-state index contributed by atoms with van der Waals surface area (Å²) >= 11 is 0. The molecule has 2 rings (SSSR count). The van der Waals surface area contributed by atoms with E-state index in [4.69, 9.17) is 0 Å². The molecule has 0 aromatic carbocycles. The van der Waals surface area contributed by atoms with E-state index in [1.807, 2.05) is 0 Å². The molecule has 1 heterocycles. The Balaban J connectivity index is 2.05. The minimum atomic E-state index is 0.197. The van der Waals surface area contributed by atoms with Gasteiger partial charge in [0.2, 0.25) is 0 Å². The van der Waals surface area contributed by atoms with E-state index in [9.17, 15) is 4.79 Å². The molecule has 0 spiro atoms. The van der Waals surface area contributed by atoms with Crippen molar-refractivity contribution in [3.05, 3.63) is 11.1 Å². The zero-order valence-electron chi connectivity index (χ0n) is 13.4. The number of hydrogen-bond acceptors (Lipinski definition) is 2. The third-order valence-electron chi connectivity index (χ3n) is 4.48. The van der Waals surface area contributed by atoms with Crippen LogP contribution in [0.4, 0.5) is 0 Å². The van der Waals surface area contributed by atoms with Crippen LogP contribution in [0.3, 0.4) is 0 Å². The van der Waals surface area contributed by atoms with E-state index in [-0.39, 0.29) is 6.17 Å². The van der Waals surface area contributed by atoms with Gasteiger partial charge in [-0.3, -0.25) is 10.1 Å². The minimum Gasteiger partial charge on any atom is -0.319 e. The first-order valence-electron chi connectivity index (χ1n) is 8.41. The summed E-state index contributed by atoms with van der Waals surface area (Å²) in [6.45, 7) is 8.61. The molecule has 2 aliphatic rings. The van der Waals surface area contributed by atoms with Crippen LogP contribution in [0.25, 0.3) is 0 Å². The van der Waals surface area contributed by atoms with Gasteiger partial charge in [0, 0.05) is 12.1 Å². The molecular weight excluding hydrogens is 248 g/mol. The first-order valence-corrected chi connectivity index (χ1v) is 8.41. The molecule has 114 valence electrons. The van der Waals surface area contributed by atoms with Crippen molar-refractivity contribution in [3.63, 3.8) is 0 Å². The number of nitrogens with zero attached hydrogens (tertiary/aromatic N) is 1. The number of hydrogen-bond donors (Lipinski definition) is 1. The van der Waals surface area contributed by atoms with E-state index in [2.05, 4.69) is 31.0 Å². The standard InChI is InChI=1S/C17H30N2O/c1-4-5-12-19-16(18-11-10-13(2)3)14-8-6-7-9-15(14)17(19)20/h13,16,18H,4-12H2,1-3H3. The predicted octanol–water partition coefficient (Wildman–Crippen LogP) is 3.46. The van der Waals surface area contributed by atoms with Crippen molar-refractivity contribution in [2.45, 2.75) is 71.9 Å². The van der Waals surface area contributed by atoms with Gasteiger partial charge in [0.25, 0.3) is 5.91 Å². The largest absolute Gasteiger partial charge is 0.319 e. The molecule has 1 atom stereocenters. The van der Waals surface area contributed by atoms with Crippen LogP contribution < -0.4 is 5.32 Å². The second-order valence-corrected chi connectivity index (χ2v) is 6.60. The lowest BCUT2D eigenvalue weighted by molar-refractivity contribution is -0.127. The molecular formula is C17H30N2O. The summed E-state index contributed by atoms with van der Waals surface area (Å²) in [4.78, 5) is 14.7. The SMILES string of the molecule is CCCCN1C(=O)C2=C(CCCC2)C1NCCC(C)C. The summed E-state index contributed by atoms with van der Waals surface area (Å²) in [5.74, 6) is 1.03. The molecule has 0 saturated heterocycles. The Morgan fingerprint density at radius 2 is 2.05 bits per heavy atom. The minimum absolute atomic E-state index is 0.197. The van der Waals surface area contributed by atoms with Crippen molar-refractivity contribution < 1.29 is 4.79 Å². The van der Waals surface area contributed by atoms with Crippen LogP contribution in [0.1, 0.15) is 65.7 Å². The second-order valence-electron chi connectivity index (χ2n) is 6.60. The van der Waals surface area contributed by atoms with E-state index in [1.165, 1.54) is 24.8 Å². The highest BCUT2D eigenvalue weighted by molar-refractivity contribution is 5.97. The predicted molar refractivity (Wildman–Crippen MR) is 83.4 cm³/mol. The van der Waals surface area contributed by atoms with Gasteiger partial charge >= 0.3 is 0 Å². The third-order valence-corrected chi connectivity index (χ3v) is 4.48. The first-order chi connectivity index (χ1) is 9.65. The maximum Gasteiger partial charge on any atom is 0.251 e. The lowest BCUT2D eigenvalue weighted by Crippen LogP contribution is -2.46. The summed E-state index contributed by atoms with van der Waals surface area (Å²) in [5, 5.41) is 3.65. The molecule has 0 aromatic heterocycles. The molecule has 1 amide bonds. The highest BCUT2D eigenvalue weighted by Crippen LogP contribution is 2.35. The van der Waals surface area contributed by atoms with Gasteiger partial charge in [-0.1, -0.05) is 27.2 Å². The summed E-state index contributed by atoms with van der Waals surface area (Å²) in [5.41, 5.74) is 2.54. The average Bonchev–Trinajstić information content (AvgIpc) is 2.70. The Morgan fingerprint density at radius 1 is 1.30 bits per heavy atom. The van der Waals surface area contributed by atoms with Gasteiger partial charge in [-0.15, -0.1) is 0 Å². The van der Waals surface area contributed by atoms with Gasteiger partial charge in [0.1, 0.15) is 6.17 Å². The maximum absolute atomic E-state index is 12.6. The van der Waals surface area contributed by atoms with Crippen LogP contribution in [-0.4, -0.2) is 30.1 Å². The summed E-state index contributed by atoms with van der Waals surface area (Å²) in [7, 11) is 0. The Labute approximate surface area is 123 Å². The zero-order valence-corrected chi connectivity index (χ0v) is 13.4. The zero-order chi connectivity index (χ0) is 14.5. The van der Waals surface area contributed by atoms with Crippen molar-refractivity contribution in [3.8, 4) is 0 Å². The van der Waals surface area contributed by atoms with Gasteiger partial charge in [0.05, 0.1) is 0 Å². The van der Waals surface area contributed by atoms with E-state index < -0.39 is 0 Å². The van der Waals surface area contributed by atoms with E-state index in [1.54, 1.807) is 0 Å². The Bertz CT molecular complexity index is 373. The highest BCUT2D eigenvalue weighted by atomic mass is 16.2. The lowest BCUT2D eigenvalue weighted by Gasteiger charge is -2.28. The van der Waals surface area contributed by atoms with Crippen LogP contribution in [0.5, 0.6) is 0 Å². The van der Waals surface area contributed by atoms with E-state index in [0.29, 0.717) is 11.8 Å². The van der Waals surface area contributed by atoms with E-state index >= 15 is 0 Å². The summed E-state index contributed by atoms with van der Waals surface area (Å²) in [6, 6.07) is 0. The van der Waals surface area contributed by atoms with Crippen LogP contribution in [0, 0.1) is 5.92 Å².